The zero-order valence-electron chi connectivity index (χ0n) is 24.3. The van der Waals surface area contributed by atoms with E-state index >= 15 is 0 Å². The molecule has 3 aromatic rings. The van der Waals surface area contributed by atoms with Gasteiger partial charge in [0.15, 0.2) is 0 Å². The maximum absolute atomic E-state index is 12.3. The highest BCUT2D eigenvalue weighted by atomic mass is 35.5. The molecule has 1 amide bonds. The van der Waals surface area contributed by atoms with Crippen LogP contribution in [0.5, 0.6) is 17.2 Å². The molecule has 40 heavy (non-hydrogen) atoms. The van der Waals surface area contributed by atoms with E-state index in [1.165, 1.54) is 12.1 Å². The summed E-state index contributed by atoms with van der Waals surface area (Å²) in [5, 5.41) is 23.3. The molecule has 0 fully saturated rings. The molecule has 0 heterocycles. The average Bonchev–Trinajstić information content (AvgIpc) is 2.91. The first-order valence-electron chi connectivity index (χ1n) is 14.1. The molecule has 3 rings (SSSR count). The lowest BCUT2D eigenvalue weighted by atomic mass is 9.94. The number of rotatable bonds is 14. The monoisotopic (exact) mass is 566 g/mol. The van der Waals surface area contributed by atoms with E-state index in [2.05, 4.69) is 50.9 Å². The zero-order valence-corrected chi connectivity index (χ0v) is 25.0. The fraction of sp³-hybridized carbons (Fsp3) is 0.424. The Morgan fingerprint density at radius 2 is 1.55 bits per heavy atom. The highest BCUT2D eigenvalue weighted by molar-refractivity contribution is 6.32. The fourth-order valence-corrected chi connectivity index (χ4v) is 5.00. The SMILES string of the molecule is CC(C)N(CC[C@H](C)c1cc(CCOc2ccc(CCNC(=O)c3ccc(Cl)c(O)c3)cc2)ccc1O)C(C)C. The van der Waals surface area contributed by atoms with Crippen molar-refractivity contribution in [2.45, 2.75) is 71.9 Å². The van der Waals surface area contributed by atoms with Gasteiger partial charge in [-0.2, -0.15) is 0 Å². The van der Waals surface area contributed by atoms with Crippen molar-refractivity contribution in [3.05, 3.63) is 87.9 Å². The maximum atomic E-state index is 12.3. The van der Waals surface area contributed by atoms with E-state index in [9.17, 15) is 15.0 Å². The minimum absolute atomic E-state index is 0.111. The summed E-state index contributed by atoms with van der Waals surface area (Å²) in [6.45, 7) is 13.1. The second kappa shape index (κ2) is 15.0. The summed E-state index contributed by atoms with van der Waals surface area (Å²) in [5.74, 6) is 1.04. The summed E-state index contributed by atoms with van der Waals surface area (Å²) in [6.07, 6.45) is 2.41. The summed E-state index contributed by atoms with van der Waals surface area (Å²) in [5.41, 5.74) is 3.59. The van der Waals surface area contributed by atoms with Crippen LogP contribution >= 0.6 is 11.6 Å². The molecule has 0 spiro atoms. The number of phenolic OH excluding ortho intramolecular Hbond substituents is 2. The van der Waals surface area contributed by atoms with Crippen LogP contribution in [0.2, 0.25) is 5.02 Å². The molecule has 0 unspecified atom stereocenters. The van der Waals surface area contributed by atoms with Crippen LogP contribution in [0.25, 0.3) is 0 Å². The van der Waals surface area contributed by atoms with Gasteiger partial charge in [0.1, 0.15) is 17.2 Å². The Kier molecular flexibility index (Phi) is 11.7. The zero-order chi connectivity index (χ0) is 29.2. The molecule has 0 bridgehead atoms. The van der Waals surface area contributed by atoms with E-state index in [1.807, 2.05) is 30.3 Å². The highest BCUT2D eigenvalue weighted by Crippen LogP contribution is 2.30. The smallest absolute Gasteiger partial charge is 0.251 e. The van der Waals surface area contributed by atoms with E-state index in [0.29, 0.717) is 43.0 Å². The predicted molar refractivity (Wildman–Crippen MR) is 163 cm³/mol. The molecule has 0 radical (unpaired) electrons. The Balaban J connectivity index is 1.45. The summed E-state index contributed by atoms with van der Waals surface area (Å²) < 4.78 is 5.98. The number of nitrogens with zero attached hydrogens (tertiary/aromatic N) is 1. The third kappa shape index (κ3) is 9.17. The van der Waals surface area contributed by atoms with Crippen molar-refractivity contribution in [1.82, 2.24) is 10.2 Å². The van der Waals surface area contributed by atoms with Crippen LogP contribution < -0.4 is 10.1 Å². The molecule has 0 aliphatic carbocycles. The summed E-state index contributed by atoms with van der Waals surface area (Å²) in [7, 11) is 0. The highest BCUT2D eigenvalue weighted by Gasteiger charge is 2.17. The van der Waals surface area contributed by atoms with Crippen molar-refractivity contribution in [3.8, 4) is 17.2 Å². The Morgan fingerprint density at radius 3 is 2.20 bits per heavy atom. The fourth-order valence-electron chi connectivity index (χ4n) is 4.88. The van der Waals surface area contributed by atoms with Gasteiger partial charge in [0.05, 0.1) is 11.6 Å². The predicted octanol–water partition coefficient (Wildman–Crippen LogP) is 6.96. The lowest BCUT2D eigenvalue weighted by molar-refractivity contribution is 0.0953. The molecule has 3 aromatic carbocycles. The molecule has 0 aromatic heterocycles. The topological polar surface area (TPSA) is 82.0 Å². The second-order valence-electron chi connectivity index (χ2n) is 10.9. The van der Waals surface area contributed by atoms with Crippen LogP contribution in [-0.2, 0) is 12.8 Å². The van der Waals surface area contributed by atoms with Gasteiger partial charge in [-0.25, -0.2) is 0 Å². The molecule has 0 aliphatic heterocycles. The second-order valence-corrected chi connectivity index (χ2v) is 11.3. The molecule has 216 valence electrons. The van der Waals surface area contributed by atoms with Gasteiger partial charge < -0.3 is 20.3 Å². The number of benzene rings is 3. The maximum Gasteiger partial charge on any atom is 0.251 e. The van der Waals surface area contributed by atoms with E-state index in [0.717, 1.165) is 41.8 Å². The summed E-state index contributed by atoms with van der Waals surface area (Å²) in [6, 6.07) is 19.2. The lowest BCUT2D eigenvalue weighted by Gasteiger charge is -2.31. The first kappa shape index (κ1) is 31.3. The number of ether oxygens (including phenoxy) is 1. The van der Waals surface area contributed by atoms with Crippen molar-refractivity contribution in [2.24, 2.45) is 0 Å². The first-order valence-corrected chi connectivity index (χ1v) is 14.5. The molecule has 6 nitrogen and oxygen atoms in total. The van der Waals surface area contributed by atoms with Crippen LogP contribution in [0.1, 0.15) is 74.0 Å². The van der Waals surface area contributed by atoms with Crippen molar-refractivity contribution in [1.29, 1.82) is 0 Å². The van der Waals surface area contributed by atoms with Crippen LogP contribution in [0, 0.1) is 0 Å². The van der Waals surface area contributed by atoms with Gasteiger partial charge in [0.25, 0.3) is 5.91 Å². The van der Waals surface area contributed by atoms with Gasteiger partial charge in [0, 0.05) is 30.6 Å². The normalized spacial score (nSPS) is 12.2. The average molecular weight is 567 g/mol. The molecular weight excluding hydrogens is 524 g/mol. The van der Waals surface area contributed by atoms with E-state index in [4.69, 9.17) is 16.3 Å². The number of hydrogen-bond acceptors (Lipinski definition) is 5. The van der Waals surface area contributed by atoms with E-state index in [-0.39, 0.29) is 22.6 Å². The quantitative estimate of drug-likeness (QED) is 0.196. The molecular formula is C33H43ClN2O4. The van der Waals surface area contributed by atoms with Crippen molar-refractivity contribution in [2.75, 3.05) is 19.7 Å². The number of halogens is 1. The van der Waals surface area contributed by atoms with Gasteiger partial charge in [-0.3, -0.25) is 9.69 Å². The van der Waals surface area contributed by atoms with Gasteiger partial charge in [0.2, 0.25) is 0 Å². The first-order chi connectivity index (χ1) is 19.0. The van der Waals surface area contributed by atoms with Gasteiger partial charge in [-0.1, -0.05) is 42.8 Å². The van der Waals surface area contributed by atoms with Crippen LogP contribution in [-0.4, -0.2) is 52.8 Å². The Morgan fingerprint density at radius 1 is 0.875 bits per heavy atom. The van der Waals surface area contributed by atoms with E-state index < -0.39 is 0 Å². The minimum Gasteiger partial charge on any atom is -0.508 e. The van der Waals surface area contributed by atoms with Gasteiger partial charge in [-0.05, 0) is 106 Å². The standard InChI is InChI=1S/C33H43ClN2O4/c1-22(2)36(23(3)4)18-15-24(5)29-20-26(8-13-31(29)37)16-19-40-28-10-6-25(7-11-28)14-17-35-33(39)27-9-12-30(34)32(38)21-27/h6-13,20-24,37-38H,14-19H2,1-5H3,(H,35,39)/t24-/m0/s1. The third-order valence-corrected chi connectivity index (χ3v) is 7.58. The molecule has 3 N–H and O–H groups in total. The minimum atomic E-state index is -0.258. The Bertz CT molecular complexity index is 1240. The van der Waals surface area contributed by atoms with Crippen molar-refractivity contribution in [3.63, 3.8) is 0 Å². The number of hydrogen-bond donors (Lipinski definition) is 3. The Hall–Kier alpha value is -3.22. The van der Waals surface area contributed by atoms with Crippen molar-refractivity contribution < 1.29 is 19.7 Å². The molecule has 0 saturated heterocycles. The largest absolute Gasteiger partial charge is 0.508 e. The van der Waals surface area contributed by atoms with Crippen LogP contribution in [0.4, 0.5) is 0 Å². The van der Waals surface area contributed by atoms with Crippen molar-refractivity contribution >= 4 is 17.5 Å². The number of amides is 1. The summed E-state index contributed by atoms with van der Waals surface area (Å²) >= 11 is 5.80. The Labute approximate surface area is 243 Å². The molecule has 7 heteroatoms. The molecule has 0 saturated carbocycles. The number of phenols is 2. The van der Waals surface area contributed by atoms with E-state index in [1.54, 1.807) is 12.1 Å². The molecule has 0 aliphatic rings. The number of carbonyl (C=O) groups is 1. The van der Waals surface area contributed by atoms with Crippen LogP contribution in [0.3, 0.4) is 0 Å². The molecule has 1 atom stereocenters. The number of carbonyl (C=O) groups excluding carboxylic acids is 1. The number of aromatic hydroxyl groups is 2. The summed E-state index contributed by atoms with van der Waals surface area (Å²) in [4.78, 5) is 14.8. The third-order valence-electron chi connectivity index (χ3n) is 7.26. The lowest BCUT2D eigenvalue weighted by Crippen LogP contribution is -2.38. The number of nitrogens with one attached hydrogen (secondary N) is 1. The van der Waals surface area contributed by atoms with Gasteiger partial charge in [-0.15, -0.1) is 0 Å². The van der Waals surface area contributed by atoms with Crippen LogP contribution in [0.15, 0.2) is 60.7 Å². The van der Waals surface area contributed by atoms with Gasteiger partial charge >= 0.3 is 0 Å².